The normalized spacial score (nSPS) is 9.85. The van der Waals surface area contributed by atoms with Gasteiger partial charge in [-0.3, -0.25) is 4.79 Å². The summed E-state index contributed by atoms with van der Waals surface area (Å²) >= 11 is 0. The zero-order valence-corrected chi connectivity index (χ0v) is 14.5. The number of benzene rings is 2. The molecule has 0 saturated carbocycles. The Kier molecular flexibility index (Phi) is 7.19. The minimum absolute atomic E-state index is 0.332. The van der Waals surface area contributed by atoms with E-state index in [4.69, 9.17) is 14.7 Å². The van der Waals surface area contributed by atoms with Crippen molar-refractivity contribution in [2.24, 2.45) is 0 Å². The summed E-state index contributed by atoms with van der Waals surface area (Å²) in [5.41, 5.74) is 1.05. The largest absolute Gasteiger partial charge is 0.494 e. The number of hydrogen-bond acceptors (Lipinski definition) is 5. The number of carbonyl (C=O) groups is 2. The fourth-order valence-electron chi connectivity index (χ4n) is 2.11. The minimum Gasteiger partial charge on any atom is -0.494 e. The molecule has 0 spiro atoms. The molecule has 0 radical (unpaired) electrons. The van der Waals surface area contributed by atoms with Gasteiger partial charge in [-0.05, 0) is 42.8 Å². The number of esters is 1. The number of para-hydroxylation sites is 1. The first kappa shape index (κ1) is 19.0. The van der Waals surface area contributed by atoms with Crippen molar-refractivity contribution in [3.8, 4) is 11.8 Å². The third-order valence-corrected chi connectivity index (χ3v) is 3.51. The van der Waals surface area contributed by atoms with E-state index >= 15 is 0 Å². The van der Waals surface area contributed by atoms with Gasteiger partial charge in [-0.2, -0.15) is 5.26 Å². The summed E-state index contributed by atoms with van der Waals surface area (Å²) in [7, 11) is 0. The Hall–Kier alpha value is -3.33. The zero-order valence-electron chi connectivity index (χ0n) is 14.5. The Morgan fingerprint density at radius 1 is 1.12 bits per heavy atom. The summed E-state index contributed by atoms with van der Waals surface area (Å²) in [4.78, 5) is 23.9. The summed E-state index contributed by atoms with van der Waals surface area (Å²) in [6.45, 7) is 2.27. The number of amides is 1. The number of unbranched alkanes of at least 4 members (excludes halogenated alkanes) is 1. The molecule has 1 N–H and O–H groups in total. The molecule has 2 aromatic carbocycles. The van der Waals surface area contributed by atoms with E-state index in [1.165, 1.54) is 0 Å². The van der Waals surface area contributed by atoms with Crippen molar-refractivity contribution < 1.29 is 19.1 Å². The number of nitriles is 1. The first-order valence-electron chi connectivity index (χ1n) is 8.33. The molecule has 1 amide bonds. The number of ether oxygens (including phenoxy) is 2. The van der Waals surface area contributed by atoms with E-state index in [2.05, 4.69) is 12.2 Å². The second kappa shape index (κ2) is 9.84. The molecule has 0 bridgehead atoms. The average molecular weight is 352 g/mol. The Labute approximate surface area is 152 Å². The molecule has 0 unspecified atom stereocenters. The van der Waals surface area contributed by atoms with Crippen LogP contribution in [0.4, 0.5) is 5.69 Å². The van der Waals surface area contributed by atoms with Crippen LogP contribution in [-0.4, -0.2) is 25.1 Å². The van der Waals surface area contributed by atoms with E-state index in [9.17, 15) is 9.59 Å². The fourth-order valence-corrected chi connectivity index (χ4v) is 2.11. The average Bonchev–Trinajstić information content (AvgIpc) is 2.67. The number of anilines is 1. The Bertz CT molecular complexity index is 794. The van der Waals surface area contributed by atoms with Gasteiger partial charge in [0.05, 0.1) is 23.4 Å². The van der Waals surface area contributed by atoms with Crippen LogP contribution in [0.5, 0.6) is 5.75 Å². The fraction of sp³-hybridized carbons (Fsp3) is 0.250. The maximum absolute atomic E-state index is 12.0. The molecule has 0 aliphatic rings. The predicted octanol–water partition coefficient (Wildman–Crippen LogP) is 3.53. The SMILES string of the molecule is CCCCOc1ccc(C(=O)OCC(=O)Nc2ccccc2C#N)cc1. The van der Waals surface area contributed by atoms with Gasteiger partial charge in [-0.1, -0.05) is 25.5 Å². The van der Waals surface area contributed by atoms with E-state index < -0.39 is 18.5 Å². The number of hydrogen-bond donors (Lipinski definition) is 1. The second-order valence-electron chi connectivity index (χ2n) is 5.51. The number of carbonyl (C=O) groups excluding carboxylic acids is 2. The van der Waals surface area contributed by atoms with Gasteiger partial charge in [-0.15, -0.1) is 0 Å². The smallest absolute Gasteiger partial charge is 0.338 e. The molecule has 0 aromatic heterocycles. The highest BCUT2D eigenvalue weighted by molar-refractivity contribution is 5.96. The summed E-state index contributed by atoms with van der Waals surface area (Å²) in [5, 5.41) is 11.5. The minimum atomic E-state index is -0.603. The van der Waals surface area contributed by atoms with Crippen LogP contribution in [-0.2, 0) is 9.53 Å². The van der Waals surface area contributed by atoms with Crippen LogP contribution < -0.4 is 10.1 Å². The van der Waals surface area contributed by atoms with E-state index in [-0.39, 0.29) is 0 Å². The van der Waals surface area contributed by atoms with Gasteiger partial charge in [0.2, 0.25) is 0 Å². The summed E-state index contributed by atoms with van der Waals surface area (Å²) in [6.07, 6.45) is 2.01. The summed E-state index contributed by atoms with van der Waals surface area (Å²) in [6, 6.07) is 15.1. The lowest BCUT2D eigenvalue weighted by Gasteiger charge is -2.08. The molecule has 0 aliphatic carbocycles. The Morgan fingerprint density at radius 2 is 1.85 bits per heavy atom. The molecule has 134 valence electrons. The van der Waals surface area contributed by atoms with Crippen LogP contribution in [0, 0.1) is 11.3 Å². The highest BCUT2D eigenvalue weighted by atomic mass is 16.5. The highest BCUT2D eigenvalue weighted by Gasteiger charge is 2.12. The van der Waals surface area contributed by atoms with Gasteiger partial charge in [0.1, 0.15) is 11.8 Å². The molecule has 0 saturated heterocycles. The second-order valence-corrected chi connectivity index (χ2v) is 5.51. The van der Waals surface area contributed by atoms with Gasteiger partial charge < -0.3 is 14.8 Å². The molecule has 0 atom stereocenters. The lowest BCUT2D eigenvalue weighted by molar-refractivity contribution is -0.119. The summed E-state index contributed by atoms with van der Waals surface area (Å²) in [5.74, 6) is -0.435. The van der Waals surface area contributed by atoms with Crippen molar-refractivity contribution in [1.29, 1.82) is 5.26 Å². The van der Waals surface area contributed by atoms with Crippen LogP contribution >= 0.6 is 0 Å². The van der Waals surface area contributed by atoms with Crippen molar-refractivity contribution >= 4 is 17.6 Å². The zero-order chi connectivity index (χ0) is 18.8. The van der Waals surface area contributed by atoms with Gasteiger partial charge in [-0.25, -0.2) is 4.79 Å². The van der Waals surface area contributed by atoms with Crippen molar-refractivity contribution in [2.75, 3.05) is 18.5 Å². The van der Waals surface area contributed by atoms with Gasteiger partial charge in [0, 0.05) is 0 Å². The Morgan fingerprint density at radius 3 is 2.54 bits per heavy atom. The van der Waals surface area contributed by atoms with Crippen molar-refractivity contribution in [3.63, 3.8) is 0 Å². The van der Waals surface area contributed by atoms with E-state index in [0.717, 1.165) is 12.8 Å². The molecular weight excluding hydrogens is 332 g/mol. The Balaban J connectivity index is 1.84. The molecule has 0 heterocycles. The maximum Gasteiger partial charge on any atom is 0.338 e. The van der Waals surface area contributed by atoms with E-state index in [1.807, 2.05) is 6.07 Å². The van der Waals surface area contributed by atoms with Gasteiger partial charge in [0.15, 0.2) is 6.61 Å². The molecule has 2 rings (SSSR count). The number of rotatable bonds is 8. The molecule has 0 fully saturated rings. The van der Waals surface area contributed by atoms with Crippen molar-refractivity contribution in [1.82, 2.24) is 0 Å². The molecule has 2 aromatic rings. The van der Waals surface area contributed by atoms with Crippen molar-refractivity contribution in [2.45, 2.75) is 19.8 Å². The van der Waals surface area contributed by atoms with E-state index in [1.54, 1.807) is 48.5 Å². The number of nitrogens with zero attached hydrogens (tertiary/aromatic N) is 1. The first-order chi connectivity index (χ1) is 12.6. The van der Waals surface area contributed by atoms with Gasteiger partial charge in [0.25, 0.3) is 5.91 Å². The van der Waals surface area contributed by atoms with Crippen LogP contribution in [0.25, 0.3) is 0 Å². The van der Waals surface area contributed by atoms with Crippen LogP contribution in [0.15, 0.2) is 48.5 Å². The highest BCUT2D eigenvalue weighted by Crippen LogP contribution is 2.15. The predicted molar refractivity (Wildman–Crippen MR) is 96.9 cm³/mol. The maximum atomic E-state index is 12.0. The van der Waals surface area contributed by atoms with Crippen molar-refractivity contribution in [3.05, 3.63) is 59.7 Å². The molecular formula is C20H20N2O4. The van der Waals surface area contributed by atoms with Crippen LogP contribution in [0.2, 0.25) is 0 Å². The third-order valence-electron chi connectivity index (χ3n) is 3.51. The van der Waals surface area contributed by atoms with Crippen LogP contribution in [0.1, 0.15) is 35.7 Å². The number of nitrogens with one attached hydrogen (secondary N) is 1. The first-order valence-corrected chi connectivity index (χ1v) is 8.33. The molecule has 26 heavy (non-hydrogen) atoms. The topological polar surface area (TPSA) is 88.4 Å². The molecule has 6 heteroatoms. The standard InChI is InChI=1S/C20H20N2O4/c1-2-3-12-25-17-10-8-15(9-11-17)20(24)26-14-19(23)22-18-7-5-4-6-16(18)13-21/h4-11H,2-3,12,14H2,1H3,(H,22,23). The lowest BCUT2D eigenvalue weighted by atomic mass is 10.2. The molecule has 0 aliphatic heterocycles. The van der Waals surface area contributed by atoms with Gasteiger partial charge >= 0.3 is 5.97 Å². The van der Waals surface area contributed by atoms with E-state index in [0.29, 0.717) is 29.2 Å². The monoisotopic (exact) mass is 352 g/mol. The third kappa shape index (κ3) is 5.64. The lowest BCUT2D eigenvalue weighted by Crippen LogP contribution is -2.21. The summed E-state index contributed by atoms with van der Waals surface area (Å²) < 4.78 is 10.5. The molecule has 6 nitrogen and oxygen atoms in total. The quantitative estimate of drug-likeness (QED) is 0.580. The van der Waals surface area contributed by atoms with Crippen LogP contribution in [0.3, 0.4) is 0 Å².